The van der Waals surface area contributed by atoms with Crippen LogP contribution in [0.1, 0.15) is 36.9 Å². The lowest BCUT2D eigenvalue weighted by molar-refractivity contribution is -0.150. The monoisotopic (exact) mass is 261 g/mol. The lowest BCUT2D eigenvalue weighted by atomic mass is 10.0. The van der Waals surface area contributed by atoms with Gasteiger partial charge in [0.2, 0.25) is 5.91 Å². The van der Waals surface area contributed by atoms with E-state index in [-0.39, 0.29) is 17.9 Å². The number of nitrogens with zero attached hydrogens (tertiary/aromatic N) is 1. The van der Waals surface area contributed by atoms with Gasteiger partial charge in [-0.2, -0.15) is 0 Å². The van der Waals surface area contributed by atoms with E-state index in [4.69, 9.17) is 4.74 Å². The van der Waals surface area contributed by atoms with Gasteiger partial charge in [0.25, 0.3) is 0 Å². The third kappa shape index (κ3) is 2.62. The topological polar surface area (TPSA) is 46.6 Å². The number of amides is 1. The minimum Gasteiger partial charge on any atom is -0.467 e. The number of esters is 1. The number of carbonyl (C=O) groups is 2. The first-order chi connectivity index (χ1) is 9.04. The molecule has 1 fully saturated rings. The molecule has 0 saturated carbocycles. The van der Waals surface area contributed by atoms with E-state index in [0.717, 1.165) is 11.1 Å². The zero-order valence-corrected chi connectivity index (χ0v) is 11.6. The Bertz CT molecular complexity index is 498. The number of likely N-dealkylation sites (tertiary alicyclic amines) is 1. The largest absolute Gasteiger partial charge is 0.467 e. The van der Waals surface area contributed by atoms with Crippen molar-refractivity contribution in [3.8, 4) is 0 Å². The van der Waals surface area contributed by atoms with Crippen LogP contribution in [0.15, 0.2) is 24.3 Å². The lowest BCUT2D eigenvalue weighted by Gasteiger charge is -2.29. The molecule has 1 aromatic rings. The Kier molecular flexibility index (Phi) is 3.88. The standard InChI is InChI=1S/C15H19NO3/c1-10-5-4-6-12(9-10)11(2)16-13(15(18)19-3)7-8-14(16)17/h4-6,9,11,13H,7-8H2,1-3H3. The highest BCUT2D eigenvalue weighted by Crippen LogP contribution is 2.30. The van der Waals surface area contributed by atoms with E-state index in [1.54, 1.807) is 4.90 Å². The van der Waals surface area contributed by atoms with E-state index in [0.29, 0.717) is 12.8 Å². The molecule has 2 rings (SSSR count). The van der Waals surface area contributed by atoms with E-state index in [1.807, 2.05) is 38.1 Å². The molecule has 1 aliphatic heterocycles. The Morgan fingerprint density at radius 1 is 1.47 bits per heavy atom. The van der Waals surface area contributed by atoms with E-state index >= 15 is 0 Å². The summed E-state index contributed by atoms with van der Waals surface area (Å²) in [6, 6.07) is 7.45. The van der Waals surface area contributed by atoms with Crippen LogP contribution in [0.25, 0.3) is 0 Å². The zero-order valence-electron chi connectivity index (χ0n) is 11.6. The molecule has 0 radical (unpaired) electrons. The summed E-state index contributed by atoms with van der Waals surface area (Å²) >= 11 is 0. The predicted octanol–water partition coefficient (Wildman–Crippen LogP) is 2.22. The molecule has 1 aromatic carbocycles. The smallest absolute Gasteiger partial charge is 0.328 e. The second kappa shape index (κ2) is 5.43. The summed E-state index contributed by atoms with van der Waals surface area (Å²) < 4.78 is 4.79. The minimum atomic E-state index is -0.451. The summed E-state index contributed by atoms with van der Waals surface area (Å²) in [6.07, 6.45) is 0.956. The third-order valence-electron chi connectivity index (χ3n) is 3.67. The van der Waals surface area contributed by atoms with Crippen molar-refractivity contribution in [3.05, 3.63) is 35.4 Å². The van der Waals surface area contributed by atoms with Gasteiger partial charge >= 0.3 is 5.97 Å². The number of hydrogen-bond donors (Lipinski definition) is 0. The van der Waals surface area contributed by atoms with Crippen molar-refractivity contribution in [1.29, 1.82) is 0 Å². The van der Waals surface area contributed by atoms with Gasteiger partial charge in [0.05, 0.1) is 13.2 Å². The SMILES string of the molecule is COC(=O)C1CCC(=O)N1C(C)c1cccc(C)c1. The van der Waals surface area contributed by atoms with Crippen molar-refractivity contribution >= 4 is 11.9 Å². The van der Waals surface area contributed by atoms with Gasteiger partial charge in [-0.05, 0) is 25.8 Å². The highest BCUT2D eigenvalue weighted by atomic mass is 16.5. The lowest BCUT2D eigenvalue weighted by Crippen LogP contribution is -2.40. The molecule has 19 heavy (non-hydrogen) atoms. The second-order valence-electron chi connectivity index (χ2n) is 4.97. The van der Waals surface area contributed by atoms with Crippen LogP contribution in [-0.2, 0) is 14.3 Å². The van der Waals surface area contributed by atoms with Crippen LogP contribution in [0.5, 0.6) is 0 Å². The van der Waals surface area contributed by atoms with Gasteiger partial charge in [-0.3, -0.25) is 4.79 Å². The average molecular weight is 261 g/mol. The van der Waals surface area contributed by atoms with Gasteiger partial charge in [-0.15, -0.1) is 0 Å². The maximum atomic E-state index is 12.0. The molecule has 0 aliphatic carbocycles. The molecule has 4 heteroatoms. The molecule has 0 bridgehead atoms. The fraction of sp³-hybridized carbons (Fsp3) is 0.467. The number of rotatable bonds is 3. The van der Waals surface area contributed by atoms with Gasteiger partial charge in [0.1, 0.15) is 6.04 Å². The predicted molar refractivity (Wildman–Crippen MR) is 71.5 cm³/mol. The molecule has 102 valence electrons. The highest BCUT2D eigenvalue weighted by Gasteiger charge is 2.39. The molecule has 0 spiro atoms. The van der Waals surface area contributed by atoms with Crippen LogP contribution in [0, 0.1) is 6.92 Å². The van der Waals surface area contributed by atoms with Crippen LogP contribution < -0.4 is 0 Å². The fourth-order valence-corrected chi connectivity index (χ4v) is 2.65. The molecule has 0 N–H and O–H groups in total. The van der Waals surface area contributed by atoms with Crippen molar-refractivity contribution in [3.63, 3.8) is 0 Å². The first-order valence-electron chi connectivity index (χ1n) is 6.50. The van der Waals surface area contributed by atoms with Crippen molar-refractivity contribution in [1.82, 2.24) is 4.90 Å². The number of hydrogen-bond acceptors (Lipinski definition) is 3. The molecule has 4 nitrogen and oxygen atoms in total. The van der Waals surface area contributed by atoms with Crippen molar-refractivity contribution in [2.24, 2.45) is 0 Å². The average Bonchev–Trinajstić information content (AvgIpc) is 2.79. The van der Waals surface area contributed by atoms with Crippen molar-refractivity contribution in [2.75, 3.05) is 7.11 Å². The van der Waals surface area contributed by atoms with Gasteiger partial charge in [-0.25, -0.2) is 4.79 Å². The maximum absolute atomic E-state index is 12.0. The Labute approximate surface area is 113 Å². The molecule has 1 aliphatic rings. The molecular formula is C15H19NO3. The first kappa shape index (κ1) is 13.6. The number of benzene rings is 1. The summed E-state index contributed by atoms with van der Waals surface area (Å²) in [7, 11) is 1.36. The minimum absolute atomic E-state index is 0.0180. The summed E-state index contributed by atoms with van der Waals surface area (Å²) in [6.45, 7) is 3.97. The van der Waals surface area contributed by atoms with Crippen LogP contribution in [0.3, 0.4) is 0 Å². The Balaban J connectivity index is 2.27. The van der Waals surface area contributed by atoms with E-state index < -0.39 is 6.04 Å². The number of methoxy groups -OCH3 is 1. The third-order valence-corrected chi connectivity index (χ3v) is 3.67. The quantitative estimate of drug-likeness (QED) is 0.784. The van der Waals surface area contributed by atoms with Gasteiger partial charge < -0.3 is 9.64 Å². The highest BCUT2D eigenvalue weighted by molar-refractivity contribution is 5.88. The molecule has 1 amide bonds. The van der Waals surface area contributed by atoms with E-state index in [1.165, 1.54) is 7.11 Å². The van der Waals surface area contributed by atoms with Crippen LogP contribution in [0.4, 0.5) is 0 Å². The summed E-state index contributed by atoms with van der Waals surface area (Å²) in [5.74, 6) is -0.310. The molecule has 0 aromatic heterocycles. The Morgan fingerprint density at radius 2 is 2.21 bits per heavy atom. The van der Waals surface area contributed by atoms with Crippen LogP contribution >= 0.6 is 0 Å². The molecule has 1 saturated heterocycles. The molecule has 2 unspecified atom stereocenters. The van der Waals surface area contributed by atoms with E-state index in [2.05, 4.69) is 0 Å². The summed E-state index contributed by atoms with van der Waals surface area (Å²) in [5, 5.41) is 0. The van der Waals surface area contributed by atoms with E-state index in [9.17, 15) is 9.59 Å². The number of carbonyl (C=O) groups excluding carboxylic acids is 2. The number of aryl methyl sites for hydroxylation is 1. The van der Waals surface area contributed by atoms with Crippen LogP contribution in [-0.4, -0.2) is 29.9 Å². The molecule has 1 heterocycles. The van der Waals surface area contributed by atoms with Gasteiger partial charge in [-0.1, -0.05) is 29.8 Å². The van der Waals surface area contributed by atoms with Crippen molar-refractivity contribution in [2.45, 2.75) is 38.8 Å². The fourth-order valence-electron chi connectivity index (χ4n) is 2.65. The summed E-state index contributed by atoms with van der Waals surface area (Å²) in [5.41, 5.74) is 2.19. The normalized spacial score (nSPS) is 20.5. The maximum Gasteiger partial charge on any atom is 0.328 e. The Hall–Kier alpha value is -1.84. The summed E-state index contributed by atoms with van der Waals surface area (Å²) in [4.78, 5) is 25.4. The van der Waals surface area contributed by atoms with Crippen molar-refractivity contribution < 1.29 is 14.3 Å². The van der Waals surface area contributed by atoms with Gasteiger partial charge in [0, 0.05) is 6.42 Å². The number of ether oxygens (including phenoxy) is 1. The zero-order chi connectivity index (χ0) is 14.0. The molecular weight excluding hydrogens is 242 g/mol. The molecule has 2 atom stereocenters. The van der Waals surface area contributed by atoms with Crippen LogP contribution in [0.2, 0.25) is 0 Å². The second-order valence-corrected chi connectivity index (χ2v) is 4.97. The first-order valence-corrected chi connectivity index (χ1v) is 6.50. The van der Waals surface area contributed by atoms with Gasteiger partial charge in [0.15, 0.2) is 0 Å². The Morgan fingerprint density at radius 3 is 2.84 bits per heavy atom.